The molecule has 1 aliphatic heterocycles. The monoisotopic (exact) mass is 886 g/mol. The molecule has 4 bridgehead atoms. The van der Waals surface area contributed by atoms with E-state index in [1.165, 1.54) is 31.3 Å². The van der Waals surface area contributed by atoms with E-state index < -0.39 is 82.8 Å². The lowest BCUT2D eigenvalue weighted by molar-refractivity contribution is -0.142. The van der Waals surface area contributed by atoms with Crippen LogP contribution in [0, 0.1) is 5.82 Å². The lowest BCUT2D eigenvalue weighted by Crippen LogP contribution is -2.58. The van der Waals surface area contributed by atoms with Gasteiger partial charge in [-0.15, -0.1) is 0 Å². The molecule has 63 heavy (non-hydrogen) atoms. The van der Waals surface area contributed by atoms with Crippen LogP contribution in [0.2, 0.25) is 0 Å². The number of aliphatic hydroxyl groups excluding tert-OH is 1. The third-order valence-corrected chi connectivity index (χ3v) is 9.59. The zero-order valence-corrected chi connectivity index (χ0v) is 38.2. The van der Waals surface area contributed by atoms with E-state index in [0.29, 0.717) is 24.0 Å². The minimum atomic E-state index is -1.39. The van der Waals surface area contributed by atoms with Crippen LogP contribution < -0.4 is 26.6 Å². The Kier molecular flexibility index (Phi) is 18.6. The topological polar surface area (TPSA) is 234 Å². The first-order chi connectivity index (χ1) is 29.2. The summed E-state index contributed by atoms with van der Waals surface area (Å²) in [7, 11) is 1.36. The number of alkyl carbamates (subject to hydrolysis) is 3. The quantitative estimate of drug-likeness (QED) is 0.105. The number of hydrogen-bond donors (Lipinski definition) is 7. The standard InChI is InChI=1S/C45H67FN6O11/c1-43(2,3)61-40(58)47-20-11-13-31(19-22-53)49-38(56)35-26-29-23-27(15-17-32(29)46)28-16-18-36(54)30(24-28)25-34(51-42(60)63-45(7,8)9)37(55)50-33(39(57)52(35)10)14-12-21-48-41(59)62-44(4,5)6/h15-18,23-24,31,33-35,53-54H,11-14,19-22,25-26H2,1-10H3,(H,47,58)(H,48,59)(H,49,56)(H,50,55)(H,51,60)/t31-,33-,34-,35-/m0/s1. The van der Waals surface area contributed by atoms with Gasteiger partial charge in [0.2, 0.25) is 17.7 Å². The molecule has 350 valence electrons. The van der Waals surface area contributed by atoms with Crippen LogP contribution in [-0.4, -0.2) is 119 Å². The number of hydrogen-bond acceptors (Lipinski definition) is 11. The number of fused-ring (bicyclic) bond motifs is 5. The van der Waals surface area contributed by atoms with Gasteiger partial charge in [-0.05, 0) is 141 Å². The zero-order chi connectivity index (χ0) is 47.3. The Morgan fingerprint density at radius 2 is 1.33 bits per heavy atom. The highest BCUT2D eigenvalue weighted by Crippen LogP contribution is 2.30. The van der Waals surface area contributed by atoms with E-state index in [1.807, 2.05) is 0 Å². The summed E-state index contributed by atoms with van der Waals surface area (Å²) >= 11 is 0. The first kappa shape index (κ1) is 51.7. The van der Waals surface area contributed by atoms with Gasteiger partial charge in [0.05, 0.1) is 0 Å². The molecule has 4 atom stereocenters. The third kappa shape index (κ3) is 17.9. The summed E-state index contributed by atoms with van der Waals surface area (Å²) in [5.41, 5.74) is -1.04. The van der Waals surface area contributed by atoms with Gasteiger partial charge in [0.25, 0.3) is 0 Å². The number of phenolic OH excluding ortho intramolecular Hbond substituents is 1. The van der Waals surface area contributed by atoms with Crippen LogP contribution in [0.15, 0.2) is 36.4 Å². The minimum Gasteiger partial charge on any atom is -0.508 e. The summed E-state index contributed by atoms with van der Waals surface area (Å²) in [6.45, 7) is 15.2. The second kappa shape index (κ2) is 22.6. The lowest BCUT2D eigenvalue weighted by Gasteiger charge is -2.33. The average molecular weight is 887 g/mol. The van der Waals surface area contributed by atoms with Gasteiger partial charge in [0, 0.05) is 45.6 Å². The largest absolute Gasteiger partial charge is 0.508 e. The number of amides is 6. The predicted octanol–water partition coefficient (Wildman–Crippen LogP) is 4.98. The fourth-order valence-corrected chi connectivity index (χ4v) is 6.67. The molecule has 2 aromatic carbocycles. The summed E-state index contributed by atoms with van der Waals surface area (Å²) in [4.78, 5) is 82.2. The molecular formula is C45H67FN6O11. The number of carbonyl (C=O) groups is 6. The summed E-state index contributed by atoms with van der Waals surface area (Å²) in [5, 5.41) is 34.4. The number of aliphatic hydroxyl groups is 1. The molecule has 0 aliphatic carbocycles. The lowest BCUT2D eigenvalue weighted by atomic mass is 9.95. The van der Waals surface area contributed by atoms with E-state index >= 15 is 4.39 Å². The molecule has 0 fully saturated rings. The van der Waals surface area contributed by atoms with Crippen LogP contribution in [0.25, 0.3) is 11.1 Å². The Balaban J connectivity index is 2.07. The van der Waals surface area contributed by atoms with E-state index in [1.54, 1.807) is 74.4 Å². The number of rotatable bonds is 13. The summed E-state index contributed by atoms with van der Waals surface area (Å²) in [6, 6.07) is 4.17. The van der Waals surface area contributed by atoms with E-state index in [9.17, 15) is 39.0 Å². The van der Waals surface area contributed by atoms with Crippen molar-refractivity contribution >= 4 is 36.0 Å². The molecule has 0 saturated heterocycles. The van der Waals surface area contributed by atoms with Crippen molar-refractivity contribution in [2.24, 2.45) is 0 Å². The van der Waals surface area contributed by atoms with Gasteiger partial charge in [0.15, 0.2) is 0 Å². The van der Waals surface area contributed by atoms with Crippen LogP contribution in [0.1, 0.15) is 106 Å². The highest BCUT2D eigenvalue weighted by atomic mass is 19.1. The van der Waals surface area contributed by atoms with Gasteiger partial charge in [0.1, 0.15) is 46.5 Å². The predicted molar refractivity (Wildman–Crippen MR) is 233 cm³/mol. The Labute approximate surface area is 369 Å². The van der Waals surface area contributed by atoms with Crippen molar-refractivity contribution in [2.45, 2.75) is 148 Å². The van der Waals surface area contributed by atoms with Crippen molar-refractivity contribution in [3.05, 3.63) is 53.3 Å². The molecule has 1 heterocycles. The van der Waals surface area contributed by atoms with Crippen molar-refractivity contribution in [2.75, 3.05) is 26.7 Å². The number of benzene rings is 2. The van der Waals surface area contributed by atoms with Crippen LogP contribution in [0.3, 0.4) is 0 Å². The van der Waals surface area contributed by atoms with Crippen molar-refractivity contribution in [3.8, 4) is 16.9 Å². The van der Waals surface area contributed by atoms with E-state index in [4.69, 9.17) is 14.2 Å². The number of carbonyl (C=O) groups excluding carboxylic acids is 6. The third-order valence-electron chi connectivity index (χ3n) is 9.59. The summed E-state index contributed by atoms with van der Waals surface area (Å²) < 4.78 is 31.8. The molecule has 17 nitrogen and oxygen atoms in total. The number of phenols is 1. The van der Waals surface area contributed by atoms with Crippen LogP contribution in [-0.2, 0) is 41.4 Å². The first-order valence-electron chi connectivity index (χ1n) is 21.3. The molecule has 18 heteroatoms. The number of ether oxygens (including phenoxy) is 3. The van der Waals surface area contributed by atoms with Gasteiger partial charge >= 0.3 is 18.3 Å². The maximum atomic E-state index is 15.8. The molecular weight excluding hydrogens is 820 g/mol. The minimum absolute atomic E-state index is 0.0338. The van der Waals surface area contributed by atoms with E-state index in [2.05, 4.69) is 26.6 Å². The summed E-state index contributed by atoms with van der Waals surface area (Å²) in [6.07, 6.45) is -1.90. The fourth-order valence-electron chi connectivity index (χ4n) is 6.67. The number of nitrogens with one attached hydrogen (secondary N) is 5. The Hall–Kier alpha value is -5.65. The van der Waals surface area contributed by atoms with Crippen molar-refractivity contribution < 1.29 is 57.6 Å². The van der Waals surface area contributed by atoms with Crippen LogP contribution >= 0.6 is 0 Å². The molecule has 2 aromatic rings. The second-order valence-electron chi connectivity index (χ2n) is 18.6. The normalized spacial score (nSPS) is 17.8. The fraction of sp³-hybridized carbons (Fsp3) is 0.600. The average Bonchev–Trinajstić information content (AvgIpc) is 3.14. The van der Waals surface area contributed by atoms with E-state index in [0.717, 1.165) is 4.90 Å². The maximum absolute atomic E-state index is 15.8. The number of halogens is 1. The van der Waals surface area contributed by atoms with Crippen molar-refractivity contribution in [3.63, 3.8) is 0 Å². The molecule has 1 aliphatic rings. The molecule has 0 saturated carbocycles. The molecule has 0 radical (unpaired) electrons. The Morgan fingerprint density at radius 1 is 0.794 bits per heavy atom. The molecule has 0 unspecified atom stereocenters. The Bertz CT molecular complexity index is 1920. The molecule has 0 spiro atoms. The van der Waals surface area contributed by atoms with Gasteiger partial charge in [-0.25, -0.2) is 18.8 Å². The smallest absolute Gasteiger partial charge is 0.408 e. The zero-order valence-electron chi connectivity index (χ0n) is 38.2. The second-order valence-corrected chi connectivity index (χ2v) is 18.6. The molecule has 7 N–H and O–H groups in total. The number of likely N-dealkylation sites (N-methyl/N-ethyl adjacent to an activating group) is 1. The van der Waals surface area contributed by atoms with Crippen molar-refractivity contribution in [1.29, 1.82) is 0 Å². The Morgan fingerprint density at radius 3 is 1.90 bits per heavy atom. The maximum Gasteiger partial charge on any atom is 0.408 e. The molecule has 0 aromatic heterocycles. The van der Waals surface area contributed by atoms with Crippen LogP contribution in [0.5, 0.6) is 5.75 Å². The summed E-state index contributed by atoms with van der Waals surface area (Å²) in [5.74, 6) is -3.08. The highest BCUT2D eigenvalue weighted by Gasteiger charge is 2.36. The van der Waals surface area contributed by atoms with Gasteiger partial charge in [-0.1, -0.05) is 12.1 Å². The van der Waals surface area contributed by atoms with Gasteiger partial charge in [-0.3, -0.25) is 14.4 Å². The highest BCUT2D eigenvalue weighted by molar-refractivity contribution is 5.94. The molecule has 6 amide bonds. The van der Waals surface area contributed by atoms with Crippen molar-refractivity contribution in [1.82, 2.24) is 31.5 Å². The SMILES string of the molecule is CN1C(=O)[C@H](CCCNC(=O)OC(C)(C)C)NC(=O)[C@@H](NC(=O)OC(C)(C)C)Cc2cc(ccc2O)-c2ccc(F)c(c2)C[C@H]1C(=O)N[C@H](CCO)CCCNC(=O)OC(C)(C)C. The first-order valence-corrected chi connectivity index (χ1v) is 21.3. The van der Waals surface area contributed by atoms with Gasteiger partial charge in [-0.2, -0.15) is 0 Å². The number of aromatic hydroxyl groups is 1. The molecule has 3 rings (SSSR count). The van der Waals surface area contributed by atoms with E-state index in [-0.39, 0.29) is 68.7 Å². The van der Waals surface area contributed by atoms with Crippen LogP contribution in [0.4, 0.5) is 18.8 Å². The number of nitrogens with zero attached hydrogens (tertiary/aromatic N) is 1. The van der Waals surface area contributed by atoms with Gasteiger partial charge < -0.3 is 55.9 Å².